The molecule has 1 aromatic carbocycles. The van der Waals surface area contributed by atoms with E-state index >= 15 is 0 Å². The molecular weight excluding hydrogens is 276 g/mol. The smallest absolute Gasteiger partial charge is 0.254 e. The van der Waals surface area contributed by atoms with Crippen LogP contribution in [-0.2, 0) is 19.5 Å². The normalized spacial score (nSPS) is 15.0. The lowest BCUT2D eigenvalue weighted by atomic mass is 10.1. The Morgan fingerprint density at radius 1 is 1.18 bits per heavy atom. The van der Waals surface area contributed by atoms with E-state index in [4.69, 9.17) is 0 Å². The summed E-state index contributed by atoms with van der Waals surface area (Å²) in [6.45, 7) is 2.87. The van der Waals surface area contributed by atoms with Crippen LogP contribution in [0.4, 0.5) is 5.95 Å². The van der Waals surface area contributed by atoms with Gasteiger partial charge < -0.3 is 5.32 Å². The number of nitrogens with one attached hydrogen (secondary N) is 1. The van der Waals surface area contributed by atoms with Gasteiger partial charge in [-0.15, -0.1) is 5.10 Å². The van der Waals surface area contributed by atoms with Crippen molar-refractivity contribution >= 4 is 11.7 Å². The van der Waals surface area contributed by atoms with Crippen molar-refractivity contribution in [3.63, 3.8) is 0 Å². The van der Waals surface area contributed by atoms with Gasteiger partial charge in [-0.3, -0.25) is 4.90 Å². The van der Waals surface area contributed by atoms with Crippen molar-refractivity contribution in [3.05, 3.63) is 53.3 Å². The van der Waals surface area contributed by atoms with Gasteiger partial charge in [-0.05, 0) is 17.5 Å². The van der Waals surface area contributed by atoms with E-state index in [0.717, 1.165) is 31.7 Å². The maximum Gasteiger partial charge on any atom is 0.254 e. The third-order valence-electron chi connectivity index (χ3n) is 4.04. The van der Waals surface area contributed by atoms with Gasteiger partial charge in [0.15, 0.2) is 0 Å². The Morgan fingerprint density at radius 2 is 2.05 bits per heavy atom. The van der Waals surface area contributed by atoms with Gasteiger partial charge in [0, 0.05) is 32.9 Å². The molecule has 4 rings (SSSR count). The standard InChI is InChI=1S/C16H18N6/c1-17-15-19-16-18-14-11-21(9-12-5-3-2-4-6-12)8-7-13(14)10-22(16)20-15/h2-6,10H,7-9,11H2,1H3,(H,17,20). The van der Waals surface area contributed by atoms with Crippen molar-refractivity contribution in [1.29, 1.82) is 0 Å². The highest BCUT2D eigenvalue weighted by atomic mass is 15.4. The van der Waals surface area contributed by atoms with E-state index in [-0.39, 0.29) is 0 Å². The lowest BCUT2D eigenvalue weighted by Gasteiger charge is -2.27. The van der Waals surface area contributed by atoms with Crippen LogP contribution in [0.1, 0.15) is 16.8 Å². The van der Waals surface area contributed by atoms with Gasteiger partial charge in [-0.25, -0.2) is 9.50 Å². The number of hydrogen-bond acceptors (Lipinski definition) is 5. The van der Waals surface area contributed by atoms with Crippen molar-refractivity contribution in [3.8, 4) is 0 Å². The van der Waals surface area contributed by atoms with Gasteiger partial charge in [-0.1, -0.05) is 30.3 Å². The molecule has 3 heterocycles. The summed E-state index contributed by atoms with van der Waals surface area (Å²) in [5.74, 6) is 1.26. The molecule has 0 atom stereocenters. The number of hydrogen-bond donors (Lipinski definition) is 1. The number of anilines is 1. The Bertz CT molecular complexity index is 795. The maximum absolute atomic E-state index is 4.68. The Labute approximate surface area is 128 Å². The molecule has 0 bridgehead atoms. The van der Waals surface area contributed by atoms with Crippen LogP contribution in [0.25, 0.3) is 5.78 Å². The second-order valence-electron chi connectivity index (χ2n) is 5.59. The minimum absolute atomic E-state index is 0.607. The number of rotatable bonds is 3. The van der Waals surface area contributed by atoms with Crippen molar-refractivity contribution in [2.75, 3.05) is 18.9 Å². The van der Waals surface area contributed by atoms with Gasteiger partial charge in [0.05, 0.1) is 5.69 Å². The first-order valence-corrected chi connectivity index (χ1v) is 7.51. The molecule has 6 nitrogen and oxygen atoms in total. The summed E-state index contributed by atoms with van der Waals surface area (Å²) in [5, 5.41) is 7.30. The first-order valence-electron chi connectivity index (χ1n) is 7.51. The van der Waals surface area contributed by atoms with Gasteiger partial charge in [0.2, 0.25) is 5.95 Å². The molecule has 1 aliphatic heterocycles. The van der Waals surface area contributed by atoms with Crippen LogP contribution in [0, 0.1) is 0 Å². The summed E-state index contributed by atoms with van der Waals surface area (Å²) < 4.78 is 1.76. The topological polar surface area (TPSA) is 58.4 Å². The van der Waals surface area contributed by atoms with Crippen LogP contribution >= 0.6 is 0 Å². The molecule has 0 spiro atoms. The average molecular weight is 294 g/mol. The highest BCUT2D eigenvalue weighted by Crippen LogP contribution is 2.19. The zero-order chi connectivity index (χ0) is 14.9. The molecule has 0 fully saturated rings. The first kappa shape index (κ1) is 13.2. The fraction of sp³-hybridized carbons (Fsp3) is 0.312. The Morgan fingerprint density at radius 3 is 2.86 bits per heavy atom. The molecule has 22 heavy (non-hydrogen) atoms. The first-order chi connectivity index (χ1) is 10.8. The third-order valence-corrected chi connectivity index (χ3v) is 4.04. The molecule has 0 saturated carbocycles. The molecule has 0 aliphatic carbocycles. The van der Waals surface area contributed by atoms with E-state index in [1.54, 1.807) is 4.52 Å². The van der Waals surface area contributed by atoms with Crippen LogP contribution in [0.2, 0.25) is 0 Å². The SMILES string of the molecule is CNc1nc2nc3c(cn2n1)CCN(Cc1ccccc1)C3. The zero-order valence-electron chi connectivity index (χ0n) is 12.5. The second-order valence-corrected chi connectivity index (χ2v) is 5.59. The molecule has 0 saturated heterocycles. The fourth-order valence-electron chi connectivity index (χ4n) is 2.89. The van der Waals surface area contributed by atoms with E-state index < -0.39 is 0 Å². The fourth-order valence-corrected chi connectivity index (χ4v) is 2.89. The van der Waals surface area contributed by atoms with Crippen LogP contribution in [0.5, 0.6) is 0 Å². The van der Waals surface area contributed by atoms with Crippen LogP contribution < -0.4 is 5.32 Å². The highest BCUT2D eigenvalue weighted by molar-refractivity contribution is 5.39. The molecule has 0 unspecified atom stereocenters. The summed E-state index contributed by atoms with van der Waals surface area (Å²) in [5.41, 5.74) is 3.72. The molecule has 0 amide bonds. The van der Waals surface area contributed by atoms with Crippen molar-refractivity contribution in [2.24, 2.45) is 0 Å². The second kappa shape index (κ2) is 5.38. The Balaban J connectivity index is 1.59. The molecule has 3 aromatic rings. The number of fused-ring (bicyclic) bond motifs is 2. The van der Waals surface area contributed by atoms with E-state index in [1.807, 2.05) is 7.05 Å². The van der Waals surface area contributed by atoms with Crippen LogP contribution in [-0.4, -0.2) is 38.1 Å². The largest absolute Gasteiger partial charge is 0.356 e. The third kappa shape index (κ3) is 2.42. The van der Waals surface area contributed by atoms with Crippen molar-refractivity contribution in [2.45, 2.75) is 19.5 Å². The van der Waals surface area contributed by atoms with Gasteiger partial charge in [-0.2, -0.15) is 4.98 Å². The molecular formula is C16H18N6. The summed E-state index contributed by atoms with van der Waals surface area (Å²) in [6.07, 6.45) is 3.06. The molecule has 1 aliphatic rings. The Kier molecular flexibility index (Phi) is 3.23. The van der Waals surface area contributed by atoms with Crippen molar-refractivity contribution in [1.82, 2.24) is 24.5 Å². The van der Waals surface area contributed by atoms with Gasteiger partial charge in [0.1, 0.15) is 0 Å². The number of nitrogens with zero attached hydrogens (tertiary/aromatic N) is 5. The lowest BCUT2D eigenvalue weighted by molar-refractivity contribution is 0.241. The minimum atomic E-state index is 0.607. The maximum atomic E-state index is 4.68. The quantitative estimate of drug-likeness (QED) is 0.797. The summed E-state index contributed by atoms with van der Waals surface area (Å²) >= 11 is 0. The van der Waals surface area contributed by atoms with E-state index in [0.29, 0.717) is 11.7 Å². The number of aromatic nitrogens is 4. The van der Waals surface area contributed by atoms with Crippen LogP contribution in [0.15, 0.2) is 36.5 Å². The monoisotopic (exact) mass is 294 g/mol. The summed E-state index contributed by atoms with van der Waals surface area (Å²) in [6, 6.07) is 10.6. The lowest BCUT2D eigenvalue weighted by Crippen LogP contribution is -2.31. The molecule has 1 N–H and O–H groups in total. The number of benzene rings is 1. The predicted octanol–water partition coefficient (Wildman–Crippen LogP) is 1.72. The Hall–Kier alpha value is -2.47. The van der Waals surface area contributed by atoms with Gasteiger partial charge >= 0.3 is 0 Å². The van der Waals surface area contributed by atoms with Gasteiger partial charge in [0.25, 0.3) is 5.78 Å². The summed E-state index contributed by atoms with van der Waals surface area (Å²) in [4.78, 5) is 11.5. The molecule has 6 heteroatoms. The highest BCUT2D eigenvalue weighted by Gasteiger charge is 2.19. The zero-order valence-corrected chi connectivity index (χ0v) is 12.5. The van der Waals surface area contributed by atoms with E-state index in [1.165, 1.54) is 11.1 Å². The minimum Gasteiger partial charge on any atom is -0.356 e. The molecule has 2 aromatic heterocycles. The molecule has 112 valence electrons. The molecule has 0 radical (unpaired) electrons. The predicted molar refractivity (Wildman–Crippen MR) is 84.6 cm³/mol. The van der Waals surface area contributed by atoms with E-state index in [2.05, 4.69) is 61.8 Å². The summed E-state index contributed by atoms with van der Waals surface area (Å²) in [7, 11) is 1.82. The van der Waals surface area contributed by atoms with Crippen molar-refractivity contribution < 1.29 is 0 Å². The average Bonchev–Trinajstić information content (AvgIpc) is 2.95. The van der Waals surface area contributed by atoms with Crippen LogP contribution in [0.3, 0.4) is 0 Å². The van der Waals surface area contributed by atoms with E-state index in [9.17, 15) is 0 Å².